The second-order valence-electron chi connectivity index (χ2n) is 8.11. The van der Waals surface area contributed by atoms with Gasteiger partial charge in [-0.05, 0) is 48.9 Å². The predicted molar refractivity (Wildman–Crippen MR) is 112 cm³/mol. The monoisotopic (exact) mass is 409 g/mol. The van der Waals surface area contributed by atoms with Crippen LogP contribution in [-0.4, -0.2) is 58.6 Å². The summed E-state index contributed by atoms with van der Waals surface area (Å²) in [6, 6.07) is 5.64. The van der Waals surface area contributed by atoms with E-state index in [1.165, 1.54) is 0 Å². The van der Waals surface area contributed by atoms with E-state index < -0.39 is 0 Å². The number of amides is 3. The van der Waals surface area contributed by atoms with Gasteiger partial charge in [-0.15, -0.1) is 0 Å². The average molecular weight is 409 g/mol. The minimum atomic E-state index is -0.112. The molecule has 0 radical (unpaired) electrons. The molecule has 2 aromatic rings. The fraction of sp³-hybridized carbons (Fsp3) is 0.455. The summed E-state index contributed by atoms with van der Waals surface area (Å²) in [4.78, 5) is 40.5. The lowest BCUT2D eigenvalue weighted by molar-refractivity contribution is -0.116. The first kappa shape index (κ1) is 20.1. The summed E-state index contributed by atoms with van der Waals surface area (Å²) in [5, 5.41) is 6.99. The van der Waals surface area contributed by atoms with Crippen molar-refractivity contribution in [2.75, 3.05) is 31.1 Å². The van der Waals surface area contributed by atoms with Crippen LogP contribution in [0.3, 0.4) is 0 Å². The molecular weight excluding hydrogens is 382 g/mol. The van der Waals surface area contributed by atoms with Crippen molar-refractivity contribution >= 4 is 23.4 Å². The van der Waals surface area contributed by atoms with Crippen molar-refractivity contribution < 1.29 is 14.4 Å². The zero-order valence-corrected chi connectivity index (χ0v) is 17.4. The van der Waals surface area contributed by atoms with Crippen LogP contribution in [-0.2, 0) is 18.3 Å². The molecular formula is C22H27N5O3. The molecule has 0 atom stereocenters. The largest absolute Gasteiger partial charge is 0.352 e. The third kappa shape index (κ3) is 4.08. The number of anilines is 1. The molecule has 0 saturated carbocycles. The minimum absolute atomic E-state index is 0.0329. The number of rotatable bonds is 4. The van der Waals surface area contributed by atoms with Crippen LogP contribution in [0.2, 0.25) is 0 Å². The zero-order chi connectivity index (χ0) is 21.3. The van der Waals surface area contributed by atoms with Crippen LogP contribution in [0.5, 0.6) is 0 Å². The van der Waals surface area contributed by atoms with E-state index in [1.807, 2.05) is 23.1 Å². The second kappa shape index (κ2) is 8.30. The van der Waals surface area contributed by atoms with Gasteiger partial charge in [0, 0.05) is 57.6 Å². The van der Waals surface area contributed by atoms with Gasteiger partial charge in [0.15, 0.2) is 0 Å². The number of nitrogens with zero attached hydrogens (tertiary/aromatic N) is 4. The number of fused-ring (bicyclic) bond motifs is 1. The van der Waals surface area contributed by atoms with Crippen molar-refractivity contribution in [2.24, 2.45) is 13.0 Å². The molecule has 1 aromatic heterocycles. The lowest BCUT2D eigenvalue weighted by Gasteiger charge is -2.32. The van der Waals surface area contributed by atoms with E-state index in [2.05, 4.69) is 10.4 Å². The lowest BCUT2D eigenvalue weighted by atomic mass is 9.96. The molecule has 4 rings (SSSR count). The molecule has 8 heteroatoms. The molecule has 0 bridgehead atoms. The van der Waals surface area contributed by atoms with Gasteiger partial charge in [-0.25, -0.2) is 0 Å². The molecule has 30 heavy (non-hydrogen) atoms. The van der Waals surface area contributed by atoms with Crippen LogP contribution in [0.4, 0.5) is 5.69 Å². The first-order chi connectivity index (χ1) is 14.4. The topological polar surface area (TPSA) is 87.5 Å². The van der Waals surface area contributed by atoms with Gasteiger partial charge < -0.3 is 15.1 Å². The number of aromatic nitrogens is 2. The molecule has 3 amide bonds. The molecule has 158 valence electrons. The molecule has 2 aliphatic rings. The van der Waals surface area contributed by atoms with Crippen molar-refractivity contribution in [2.45, 2.75) is 26.2 Å². The minimum Gasteiger partial charge on any atom is -0.352 e. The van der Waals surface area contributed by atoms with Gasteiger partial charge in [0.05, 0.1) is 11.8 Å². The van der Waals surface area contributed by atoms with Crippen LogP contribution in [0.25, 0.3) is 0 Å². The Morgan fingerprint density at radius 1 is 1.13 bits per heavy atom. The Balaban J connectivity index is 1.29. The second-order valence-corrected chi connectivity index (χ2v) is 8.11. The summed E-state index contributed by atoms with van der Waals surface area (Å²) in [6.07, 6.45) is 5.77. The number of benzene rings is 1. The fourth-order valence-corrected chi connectivity index (χ4v) is 4.26. The Hall–Kier alpha value is -3.16. The Morgan fingerprint density at radius 2 is 1.90 bits per heavy atom. The first-order valence-corrected chi connectivity index (χ1v) is 10.4. The summed E-state index contributed by atoms with van der Waals surface area (Å²) < 4.78 is 1.61. The maximum atomic E-state index is 12.9. The van der Waals surface area contributed by atoms with Crippen molar-refractivity contribution in [1.29, 1.82) is 0 Å². The van der Waals surface area contributed by atoms with E-state index in [0.29, 0.717) is 43.2 Å². The third-order valence-electron chi connectivity index (χ3n) is 6.02. The van der Waals surface area contributed by atoms with E-state index in [-0.39, 0.29) is 17.7 Å². The van der Waals surface area contributed by atoms with Gasteiger partial charge in [0.2, 0.25) is 5.91 Å². The number of aryl methyl sites for hydroxylation is 1. The van der Waals surface area contributed by atoms with E-state index in [4.69, 9.17) is 0 Å². The van der Waals surface area contributed by atoms with Gasteiger partial charge in [0.1, 0.15) is 0 Å². The van der Waals surface area contributed by atoms with Crippen LogP contribution in [0, 0.1) is 5.92 Å². The number of carbonyl (C=O) groups excluding carboxylic acids is 3. The molecule has 1 N–H and O–H groups in total. The number of hydrogen-bond acceptors (Lipinski definition) is 4. The van der Waals surface area contributed by atoms with E-state index >= 15 is 0 Å². The normalized spacial score (nSPS) is 16.5. The molecule has 0 aliphatic carbocycles. The first-order valence-electron chi connectivity index (χ1n) is 10.4. The smallest absolute Gasteiger partial charge is 0.254 e. The molecule has 1 fully saturated rings. The highest BCUT2D eigenvalue weighted by Crippen LogP contribution is 2.29. The highest BCUT2D eigenvalue weighted by Gasteiger charge is 2.27. The summed E-state index contributed by atoms with van der Waals surface area (Å²) >= 11 is 0. The molecule has 3 heterocycles. The number of piperidine rings is 1. The lowest BCUT2D eigenvalue weighted by Crippen LogP contribution is -2.41. The Bertz CT molecular complexity index is 975. The van der Waals surface area contributed by atoms with Gasteiger partial charge in [-0.2, -0.15) is 5.10 Å². The van der Waals surface area contributed by atoms with Crippen molar-refractivity contribution in [1.82, 2.24) is 20.0 Å². The summed E-state index contributed by atoms with van der Waals surface area (Å²) in [5.74, 6) is 0.320. The highest BCUT2D eigenvalue weighted by molar-refractivity contribution is 5.98. The van der Waals surface area contributed by atoms with Crippen molar-refractivity contribution in [3.8, 4) is 0 Å². The highest BCUT2D eigenvalue weighted by atomic mass is 16.2. The maximum Gasteiger partial charge on any atom is 0.254 e. The van der Waals surface area contributed by atoms with Crippen LogP contribution >= 0.6 is 0 Å². The van der Waals surface area contributed by atoms with E-state index in [1.54, 1.807) is 35.9 Å². The van der Waals surface area contributed by atoms with Gasteiger partial charge in [0.25, 0.3) is 11.8 Å². The molecule has 0 unspecified atom stereocenters. The maximum absolute atomic E-state index is 12.9. The molecule has 2 aliphatic heterocycles. The summed E-state index contributed by atoms with van der Waals surface area (Å²) in [7, 11) is 1.78. The van der Waals surface area contributed by atoms with Gasteiger partial charge in [-0.3, -0.25) is 19.1 Å². The van der Waals surface area contributed by atoms with Crippen molar-refractivity contribution in [3.63, 3.8) is 0 Å². The standard InChI is InChI=1S/C22H27N5O3/c1-15(28)27-10-7-17-11-18(3-4-20(17)27)22(30)26-8-5-16(6-9-26)12-23-21(29)19-13-24-25(2)14-19/h3-4,11,13-14,16H,5-10,12H2,1-2H3,(H,23,29). The number of hydrogen-bond donors (Lipinski definition) is 1. The Morgan fingerprint density at radius 3 is 2.57 bits per heavy atom. The average Bonchev–Trinajstić information content (AvgIpc) is 3.37. The van der Waals surface area contributed by atoms with E-state index in [0.717, 1.165) is 30.5 Å². The van der Waals surface area contributed by atoms with Crippen molar-refractivity contribution in [3.05, 3.63) is 47.3 Å². The Labute approximate surface area is 175 Å². The Kier molecular flexibility index (Phi) is 5.57. The molecule has 1 aromatic carbocycles. The van der Waals surface area contributed by atoms with Crippen LogP contribution in [0.1, 0.15) is 46.0 Å². The third-order valence-corrected chi connectivity index (χ3v) is 6.02. The van der Waals surface area contributed by atoms with Crippen LogP contribution < -0.4 is 10.2 Å². The predicted octanol–water partition coefficient (Wildman–Crippen LogP) is 1.61. The number of likely N-dealkylation sites (tertiary alicyclic amines) is 1. The zero-order valence-electron chi connectivity index (χ0n) is 17.4. The summed E-state index contributed by atoms with van der Waals surface area (Å²) in [6.45, 7) is 4.22. The fourth-order valence-electron chi connectivity index (χ4n) is 4.26. The number of carbonyl (C=O) groups is 3. The van der Waals surface area contributed by atoms with E-state index in [9.17, 15) is 14.4 Å². The SMILES string of the molecule is CC(=O)N1CCc2cc(C(=O)N3CCC(CNC(=O)c4cnn(C)c4)CC3)ccc21. The van der Waals surface area contributed by atoms with Crippen LogP contribution in [0.15, 0.2) is 30.6 Å². The number of nitrogens with one attached hydrogen (secondary N) is 1. The molecule has 8 nitrogen and oxygen atoms in total. The van der Waals surface area contributed by atoms with Gasteiger partial charge >= 0.3 is 0 Å². The molecule has 1 saturated heterocycles. The summed E-state index contributed by atoms with van der Waals surface area (Å²) in [5.41, 5.74) is 3.22. The van der Waals surface area contributed by atoms with Gasteiger partial charge in [-0.1, -0.05) is 0 Å². The quantitative estimate of drug-likeness (QED) is 0.831. The molecule has 0 spiro atoms.